The SMILES string of the molecule is CO[C@@]1(Cc2nc(CN(C)C)c(C)o2)/C=C\C[C@H](C)[C@@H](C)S(=O)(=O)NC(=O)c2ccc3c(c2)N(C[C@@H]2CC[C@H]21)C[C@@]1(CCCc2cc(Cl)ccc21)CO3. The van der Waals surface area contributed by atoms with Gasteiger partial charge in [0.2, 0.25) is 10.0 Å². The smallest absolute Gasteiger partial charge is 0.264 e. The second-order valence-corrected chi connectivity index (χ2v) is 18.7. The Labute approximate surface area is 319 Å². The zero-order valence-corrected chi connectivity index (χ0v) is 33.4. The number of hydrogen-bond acceptors (Lipinski definition) is 9. The lowest BCUT2D eigenvalue weighted by molar-refractivity contribution is -0.0777. The Morgan fingerprint density at radius 3 is 2.70 bits per heavy atom. The molecule has 1 amide bonds. The first-order valence-electron chi connectivity index (χ1n) is 18.9. The van der Waals surface area contributed by atoms with Gasteiger partial charge in [0.1, 0.15) is 11.5 Å². The van der Waals surface area contributed by atoms with Crippen LogP contribution >= 0.6 is 11.6 Å². The van der Waals surface area contributed by atoms with Crippen molar-refractivity contribution in [1.29, 1.82) is 0 Å². The highest BCUT2D eigenvalue weighted by Crippen LogP contribution is 2.50. The molecular formula is C41H53ClN4O6S. The van der Waals surface area contributed by atoms with Crippen molar-refractivity contribution in [2.45, 2.75) is 88.5 Å². The largest absolute Gasteiger partial charge is 0.490 e. The summed E-state index contributed by atoms with van der Waals surface area (Å²) in [6.45, 7) is 8.06. The number of allylic oxidation sites excluding steroid dienone is 1. The molecule has 1 fully saturated rings. The van der Waals surface area contributed by atoms with Crippen LogP contribution in [0.5, 0.6) is 5.75 Å². The highest BCUT2D eigenvalue weighted by atomic mass is 35.5. The maximum Gasteiger partial charge on any atom is 0.264 e. The number of oxazole rings is 1. The minimum Gasteiger partial charge on any atom is -0.490 e. The number of carbonyl (C=O) groups excluding carboxylic acids is 1. The van der Waals surface area contributed by atoms with Crippen LogP contribution in [-0.2, 0) is 39.6 Å². The molecule has 0 saturated heterocycles. The Balaban J connectivity index is 1.32. The first-order chi connectivity index (χ1) is 25.2. The van der Waals surface area contributed by atoms with E-state index < -0.39 is 26.8 Å². The van der Waals surface area contributed by atoms with E-state index in [1.54, 1.807) is 20.1 Å². The molecule has 53 heavy (non-hydrogen) atoms. The van der Waals surface area contributed by atoms with Gasteiger partial charge in [0.05, 0.1) is 35.3 Å². The van der Waals surface area contributed by atoms with Crippen LogP contribution in [0.3, 0.4) is 0 Å². The molecule has 1 spiro atoms. The molecule has 2 aromatic carbocycles. The van der Waals surface area contributed by atoms with Crippen LogP contribution in [0.1, 0.15) is 84.8 Å². The van der Waals surface area contributed by atoms with E-state index in [0.717, 1.165) is 54.3 Å². The number of sulfonamides is 1. The first-order valence-corrected chi connectivity index (χ1v) is 20.8. The molecule has 2 aliphatic carbocycles. The number of nitrogens with zero attached hydrogens (tertiary/aromatic N) is 3. The summed E-state index contributed by atoms with van der Waals surface area (Å²) in [4.78, 5) is 23.0. The molecule has 3 aromatic rings. The van der Waals surface area contributed by atoms with Gasteiger partial charge in [-0.2, -0.15) is 0 Å². The second-order valence-electron chi connectivity index (χ2n) is 16.2. The van der Waals surface area contributed by atoms with Crippen molar-refractivity contribution in [1.82, 2.24) is 14.6 Å². The summed E-state index contributed by atoms with van der Waals surface area (Å²) in [6.07, 6.45) is 10.0. The monoisotopic (exact) mass is 764 g/mol. The van der Waals surface area contributed by atoms with Gasteiger partial charge in [-0.3, -0.25) is 4.79 Å². The number of carbonyl (C=O) groups is 1. The summed E-state index contributed by atoms with van der Waals surface area (Å²) >= 11 is 6.49. The van der Waals surface area contributed by atoms with Crippen molar-refractivity contribution in [3.8, 4) is 5.75 Å². The molecule has 4 aliphatic rings. The van der Waals surface area contributed by atoms with Gasteiger partial charge >= 0.3 is 0 Å². The van der Waals surface area contributed by atoms with Gasteiger partial charge in [0.15, 0.2) is 5.89 Å². The summed E-state index contributed by atoms with van der Waals surface area (Å²) in [7, 11) is 1.81. The standard InChI is InChI=1S/C41H53ClN4O6S/c1-26-9-7-18-41(50-6,21-38-43-35(23-45(4)5)27(2)52-38)34-14-11-31(34)22-46-24-40(17-8-10-29-19-32(42)13-15-33(29)40)25-51-37-16-12-30(20-36(37)46)39(47)44-53(48,49)28(26)3/h7,12-13,15-16,18-20,26,28,31,34H,8-11,14,17,21-25H2,1-6H3,(H,44,47)/b18-7-/t26-,28+,31-,34+,40-,41+/m0/s1. The highest BCUT2D eigenvalue weighted by Gasteiger charge is 2.50. The molecule has 3 heterocycles. The van der Waals surface area contributed by atoms with E-state index >= 15 is 0 Å². The Hall–Kier alpha value is -3.38. The molecule has 286 valence electrons. The highest BCUT2D eigenvalue weighted by molar-refractivity contribution is 7.90. The predicted molar refractivity (Wildman–Crippen MR) is 207 cm³/mol. The molecule has 1 N–H and O–H groups in total. The maximum atomic E-state index is 13.6. The van der Waals surface area contributed by atoms with Gasteiger partial charge in [-0.1, -0.05) is 36.7 Å². The van der Waals surface area contributed by atoms with Crippen LogP contribution in [0, 0.1) is 24.7 Å². The Bertz CT molecular complexity index is 2000. The third-order valence-corrected chi connectivity index (χ3v) is 14.6. The minimum atomic E-state index is -3.99. The molecule has 2 aliphatic heterocycles. The summed E-state index contributed by atoms with van der Waals surface area (Å²) in [5.41, 5.74) is 3.46. The number of amides is 1. The third-order valence-electron chi connectivity index (χ3n) is 12.4. The number of benzene rings is 2. The zero-order chi connectivity index (χ0) is 37.7. The van der Waals surface area contributed by atoms with Crippen molar-refractivity contribution in [2.24, 2.45) is 17.8 Å². The van der Waals surface area contributed by atoms with Crippen LogP contribution in [0.25, 0.3) is 0 Å². The molecule has 1 aromatic heterocycles. The number of rotatable bonds is 5. The number of halogens is 1. The van der Waals surface area contributed by atoms with Crippen molar-refractivity contribution < 1.29 is 27.1 Å². The summed E-state index contributed by atoms with van der Waals surface area (Å²) in [5.74, 6) is 1.58. The van der Waals surface area contributed by atoms with Crippen LogP contribution in [0.4, 0.5) is 5.69 Å². The van der Waals surface area contributed by atoms with Crippen LogP contribution in [-0.4, -0.2) is 76.0 Å². The lowest BCUT2D eigenvalue weighted by atomic mass is 9.63. The van der Waals surface area contributed by atoms with E-state index in [1.807, 2.05) is 46.1 Å². The molecule has 7 rings (SSSR count). The number of methoxy groups -OCH3 is 1. The molecule has 0 unspecified atom stereocenters. The summed E-state index contributed by atoms with van der Waals surface area (Å²) < 4.78 is 49.1. The number of aryl methyl sites for hydroxylation is 2. The number of hydrogen-bond donors (Lipinski definition) is 1. The number of fused-ring (bicyclic) bond motifs is 4. The van der Waals surface area contributed by atoms with Crippen LogP contribution < -0.4 is 14.4 Å². The third kappa shape index (κ3) is 7.39. The number of nitrogens with one attached hydrogen (secondary N) is 1. The molecule has 12 heteroatoms. The van der Waals surface area contributed by atoms with Gasteiger partial charge in [-0.05, 0) is 126 Å². The van der Waals surface area contributed by atoms with Gasteiger partial charge in [-0.25, -0.2) is 18.1 Å². The zero-order valence-electron chi connectivity index (χ0n) is 31.8. The molecule has 6 atom stereocenters. The molecular weight excluding hydrogens is 712 g/mol. The Morgan fingerprint density at radius 2 is 1.96 bits per heavy atom. The number of anilines is 1. The normalized spacial score (nSPS) is 30.4. The van der Waals surface area contributed by atoms with Crippen molar-refractivity contribution in [3.63, 3.8) is 0 Å². The second kappa shape index (κ2) is 14.7. The molecule has 2 bridgehead atoms. The lowest BCUT2D eigenvalue weighted by Crippen LogP contribution is -2.54. The maximum absolute atomic E-state index is 13.6. The predicted octanol–water partition coefficient (Wildman–Crippen LogP) is 6.87. The summed E-state index contributed by atoms with van der Waals surface area (Å²) in [5, 5.41) is -0.0879. The van der Waals surface area contributed by atoms with E-state index in [1.165, 1.54) is 11.1 Å². The fourth-order valence-corrected chi connectivity index (χ4v) is 10.6. The van der Waals surface area contributed by atoms with Gasteiger partial charge in [-0.15, -0.1) is 0 Å². The van der Waals surface area contributed by atoms with Gasteiger partial charge in [0.25, 0.3) is 5.91 Å². The van der Waals surface area contributed by atoms with Crippen molar-refractivity contribution in [3.05, 3.63) is 87.6 Å². The van der Waals surface area contributed by atoms with Crippen LogP contribution in [0.2, 0.25) is 5.02 Å². The van der Waals surface area contributed by atoms with E-state index in [2.05, 4.69) is 38.8 Å². The van der Waals surface area contributed by atoms with E-state index in [4.69, 9.17) is 30.5 Å². The Kier molecular flexibility index (Phi) is 10.5. The average molecular weight is 765 g/mol. The van der Waals surface area contributed by atoms with E-state index in [9.17, 15) is 13.2 Å². The van der Waals surface area contributed by atoms with E-state index in [0.29, 0.717) is 50.7 Å². The average Bonchev–Trinajstić information content (AvgIpc) is 3.35. The molecule has 10 nitrogen and oxygen atoms in total. The van der Waals surface area contributed by atoms with Crippen molar-refractivity contribution in [2.75, 3.05) is 45.8 Å². The fourth-order valence-electron chi connectivity index (χ4n) is 9.08. The number of aromatic nitrogens is 1. The fraction of sp³-hybridized carbons (Fsp3) is 0.561. The summed E-state index contributed by atoms with van der Waals surface area (Å²) in [6, 6.07) is 11.5. The number of ether oxygens (including phenoxy) is 2. The lowest BCUT2D eigenvalue weighted by Gasteiger charge is -2.50. The van der Waals surface area contributed by atoms with E-state index in [-0.39, 0.29) is 28.7 Å². The minimum absolute atomic E-state index is 0.130. The Morgan fingerprint density at radius 1 is 1.15 bits per heavy atom. The first kappa shape index (κ1) is 37.9. The van der Waals surface area contributed by atoms with Crippen LogP contribution in [0.15, 0.2) is 53.0 Å². The quantitative estimate of drug-likeness (QED) is 0.278. The van der Waals surface area contributed by atoms with Gasteiger partial charge < -0.3 is 23.7 Å². The molecule has 1 saturated carbocycles. The van der Waals surface area contributed by atoms with Crippen molar-refractivity contribution >= 4 is 33.2 Å². The topological polar surface area (TPSA) is 114 Å². The van der Waals surface area contributed by atoms with Gasteiger partial charge in [0, 0.05) is 42.7 Å². The molecule has 0 radical (unpaired) electrons.